The molecule has 0 fully saturated rings. The van der Waals surface area contributed by atoms with Gasteiger partial charge in [0.1, 0.15) is 13.3 Å². The fourth-order valence-corrected chi connectivity index (χ4v) is 4.72. The van der Waals surface area contributed by atoms with Crippen LogP contribution in [0.3, 0.4) is 0 Å². The molecule has 0 aliphatic carbocycles. The number of ether oxygens (including phenoxy) is 1. The van der Waals surface area contributed by atoms with E-state index in [0.717, 1.165) is 31.2 Å². The molecule has 2 atom stereocenters. The minimum Gasteiger partial charge on any atom is -0.450 e. The van der Waals surface area contributed by atoms with E-state index in [1.807, 2.05) is 0 Å². The second-order valence-corrected chi connectivity index (χ2v) is 11.3. The molecule has 0 saturated carbocycles. The Labute approximate surface area is 306 Å². The van der Waals surface area contributed by atoms with Crippen molar-refractivity contribution in [3.8, 4) is 22.9 Å². The highest BCUT2D eigenvalue weighted by Crippen LogP contribution is 2.35. The van der Waals surface area contributed by atoms with E-state index in [1.54, 1.807) is 48.5 Å². The third-order valence-electron chi connectivity index (χ3n) is 7.33. The van der Waals surface area contributed by atoms with E-state index in [-0.39, 0.29) is 23.6 Å². The molecule has 11 nitrogen and oxygen atoms in total. The number of carbonyl (C=O) groups excluding carboxylic acids is 1. The normalized spacial score (nSPS) is 12.6. The molecule has 4 aromatic carbocycles. The first-order valence-electron chi connectivity index (χ1n) is 15.9. The predicted octanol–water partition coefficient (Wildman–Crippen LogP) is 9.57. The van der Waals surface area contributed by atoms with E-state index < -0.39 is 55.0 Å². The molecule has 3 N–H and O–H groups in total. The summed E-state index contributed by atoms with van der Waals surface area (Å²) in [5.74, 6) is -1.09. The number of alkyl halides is 8. The summed E-state index contributed by atoms with van der Waals surface area (Å²) in [4.78, 5) is 11.0. The summed E-state index contributed by atoms with van der Waals surface area (Å²) in [5, 5.41) is 30.3. The fourth-order valence-electron chi connectivity index (χ4n) is 4.72. The van der Waals surface area contributed by atoms with Crippen molar-refractivity contribution in [2.45, 2.75) is 31.5 Å². The van der Waals surface area contributed by atoms with E-state index >= 15 is 0 Å². The van der Waals surface area contributed by atoms with Crippen LogP contribution >= 0.6 is 0 Å². The Morgan fingerprint density at radius 1 is 0.655 bits per heavy atom. The van der Waals surface area contributed by atoms with Gasteiger partial charge in [0, 0.05) is 18.3 Å². The minimum absolute atomic E-state index is 0.0283. The Morgan fingerprint density at radius 2 is 1.07 bits per heavy atom. The Hall–Kier alpha value is -6.37. The molecular weight excluding hydrogens is 748 g/mol. The highest BCUT2D eigenvalue weighted by Gasteiger charge is 2.31. The molecular formula is C36H28F8N6O5. The molecule has 0 spiro atoms. The summed E-state index contributed by atoms with van der Waals surface area (Å²) >= 11 is 0. The molecule has 19 heteroatoms. The second kappa shape index (κ2) is 17.2. The summed E-state index contributed by atoms with van der Waals surface area (Å²) < 4.78 is 117. The van der Waals surface area contributed by atoms with Crippen LogP contribution < -0.4 is 10.6 Å². The lowest BCUT2D eigenvalue weighted by molar-refractivity contribution is -0.148. The fraction of sp³-hybridized carbons (Fsp3) is 0.194. The van der Waals surface area contributed by atoms with Gasteiger partial charge < -0.3 is 29.3 Å². The number of aliphatic hydroxyl groups is 1. The maximum Gasteiger partial charge on any atom is 0.416 e. The molecule has 2 aromatic heterocycles. The standard InChI is InChI=1S/C19H15F4N3O3.C17H13F4N3O2/c1-11(27)28-16(10-20)18-26-25-17(29-18)14-4-2-3-5-15(14)24-13-8-6-12(7-9-13)19(21,22)23;18-9-14(25)16-24-23-15(26-16)12-3-1-2-4-13(12)22-11-7-5-10(6-8-11)17(19,20)21/h2-9,16,24H,10H2,1H3;1-8,14,22,25H,9H2. The molecule has 0 aliphatic rings. The van der Waals surface area contributed by atoms with Crippen LogP contribution in [-0.4, -0.2) is 44.8 Å². The smallest absolute Gasteiger partial charge is 0.416 e. The number of aromatic nitrogens is 4. The lowest BCUT2D eigenvalue weighted by atomic mass is 10.1. The molecule has 55 heavy (non-hydrogen) atoms. The maximum atomic E-state index is 13.1. The molecule has 2 heterocycles. The molecule has 0 bridgehead atoms. The van der Waals surface area contributed by atoms with Crippen LogP contribution in [0.4, 0.5) is 57.9 Å². The van der Waals surface area contributed by atoms with Crippen molar-refractivity contribution < 1.29 is 58.6 Å². The Balaban J connectivity index is 0.000000212. The van der Waals surface area contributed by atoms with Crippen molar-refractivity contribution in [2.24, 2.45) is 0 Å². The number of aliphatic hydroxyl groups excluding tert-OH is 1. The molecule has 0 amide bonds. The number of halogens is 8. The summed E-state index contributed by atoms with van der Waals surface area (Å²) in [6.07, 6.45) is -11.7. The van der Waals surface area contributed by atoms with Crippen LogP contribution in [0.25, 0.3) is 22.9 Å². The van der Waals surface area contributed by atoms with Crippen LogP contribution in [0.15, 0.2) is 106 Å². The van der Waals surface area contributed by atoms with E-state index in [1.165, 1.54) is 24.3 Å². The van der Waals surface area contributed by atoms with Gasteiger partial charge in [-0.15, -0.1) is 20.4 Å². The van der Waals surface area contributed by atoms with Crippen LogP contribution in [0, 0.1) is 0 Å². The van der Waals surface area contributed by atoms with E-state index in [2.05, 4.69) is 31.0 Å². The molecule has 0 radical (unpaired) electrons. The lowest BCUT2D eigenvalue weighted by Crippen LogP contribution is -2.10. The monoisotopic (exact) mass is 776 g/mol. The van der Waals surface area contributed by atoms with Crippen molar-refractivity contribution in [3.63, 3.8) is 0 Å². The van der Waals surface area contributed by atoms with Gasteiger partial charge in [-0.3, -0.25) is 4.79 Å². The van der Waals surface area contributed by atoms with Crippen molar-refractivity contribution in [1.82, 2.24) is 20.4 Å². The van der Waals surface area contributed by atoms with Gasteiger partial charge in [-0.2, -0.15) is 26.3 Å². The van der Waals surface area contributed by atoms with Crippen molar-refractivity contribution in [1.29, 1.82) is 0 Å². The Morgan fingerprint density at radius 3 is 1.47 bits per heavy atom. The number of hydrogen-bond acceptors (Lipinski definition) is 11. The molecule has 6 rings (SSSR count). The first kappa shape index (κ1) is 39.8. The number of anilines is 4. The summed E-state index contributed by atoms with van der Waals surface area (Å²) in [6, 6.07) is 22.4. The topological polar surface area (TPSA) is 148 Å². The summed E-state index contributed by atoms with van der Waals surface area (Å²) in [7, 11) is 0. The van der Waals surface area contributed by atoms with Crippen molar-refractivity contribution in [3.05, 3.63) is 120 Å². The van der Waals surface area contributed by atoms with E-state index in [4.69, 9.17) is 13.6 Å². The molecule has 6 aromatic rings. The third-order valence-corrected chi connectivity index (χ3v) is 7.33. The zero-order valence-electron chi connectivity index (χ0n) is 28.2. The van der Waals surface area contributed by atoms with Gasteiger partial charge in [0.15, 0.2) is 6.10 Å². The van der Waals surface area contributed by atoms with Crippen LogP contribution in [0.1, 0.15) is 42.0 Å². The Kier molecular flexibility index (Phi) is 12.4. The summed E-state index contributed by atoms with van der Waals surface area (Å²) in [5.41, 5.74) is 1.19. The SMILES string of the molecule is CC(=O)OC(CF)c1nnc(-c2ccccc2Nc2ccc(C(F)(F)F)cc2)o1.OC(CF)c1nnc(-c2ccccc2Nc2ccc(C(F)(F)F)cc2)o1. The summed E-state index contributed by atoms with van der Waals surface area (Å²) in [6.45, 7) is -0.969. The van der Waals surface area contributed by atoms with Gasteiger partial charge in [-0.05, 0) is 72.8 Å². The van der Waals surface area contributed by atoms with Crippen molar-refractivity contribution in [2.75, 3.05) is 24.0 Å². The molecule has 288 valence electrons. The van der Waals surface area contributed by atoms with Crippen LogP contribution in [0.5, 0.6) is 0 Å². The Bertz CT molecular complexity index is 2170. The average Bonchev–Trinajstić information content (AvgIpc) is 3.85. The van der Waals surface area contributed by atoms with Crippen molar-refractivity contribution >= 4 is 28.7 Å². The van der Waals surface area contributed by atoms with Gasteiger partial charge in [0.25, 0.3) is 5.89 Å². The number of nitrogens with one attached hydrogen (secondary N) is 2. The van der Waals surface area contributed by atoms with Gasteiger partial charge in [-0.1, -0.05) is 24.3 Å². The number of carbonyl (C=O) groups is 1. The quantitative estimate of drug-likeness (QED) is 0.0853. The number of nitrogens with zero attached hydrogens (tertiary/aromatic N) is 4. The molecule has 2 unspecified atom stereocenters. The largest absolute Gasteiger partial charge is 0.450 e. The van der Waals surface area contributed by atoms with Gasteiger partial charge >= 0.3 is 18.3 Å². The lowest BCUT2D eigenvalue weighted by Gasteiger charge is -2.12. The number of esters is 1. The molecule has 0 saturated heterocycles. The zero-order valence-corrected chi connectivity index (χ0v) is 28.2. The first-order chi connectivity index (χ1) is 26.2. The number of rotatable bonds is 11. The average molecular weight is 777 g/mol. The first-order valence-corrected chi connectivity index (χ1v) is 15.9. The molecule has 0 aliphatic heterocycles. The number of benzene rings is 4. The number of hydrogen-bond donors (Lipinski definition) is 3. The van der Waals surface area contributed by atoms with Gasteiger partial charge in [-0.25, -0.2) is 8.78 Å². The minimum atomic E-state index is -4.43. The van der Waals surface area contributed by atoms with Crippen LogP contribution in [0.2, 0.25) is 0 Å². The van der Waals surface area contributed by atoms with Gasteiger partial charge in [0.2, 0.25) is 23.8 Å². The van der Waals surface area contributed by atoms with Crippen LogP contribution in [-0.2, 0) is 21.9 Å². The predicted molar refractivity (Wildman–Crippen MR) is 180 cm³/mol. The van der Waals surface area contributed by atoms with E-state index in [0.29, 0.717) is 33.9 Å². The highest BCUT2D eigenvalue weighted by molar-refractivity contribution is 5.78. The third kappa shape index (κ3) is 10.4. The van der Waals surface area contributed by atoms with E-state index in [9.17, 15) is 45.0 Å². The zero-order chi connectivity index (χ0) is 39.8. The van der Waals surface area contributed by atoms with Gasteiger partial charge in [0.05, 0.1) is 33.6 Å². The highest BCUT2D eigenvalue weighted by atomic mass is 19.4. The maximum absolute atomic E-state index is 13.1. The second-order valence-electron chi connectivity index (χ2n) is 11.3. The number of para-hydroxylation sites is 2.